The Labute approximate surface area is 149 Å². The van der Waals surface area contributed by atoms with Gasteiger partial charge in [-0.3, -0.25) is 9.36 Å². The van der Waals surface area contributed by atoms with Crippen molar-refractivity contribution in [2.45, 2.75) is 13.0 Å². The lowest BCUT2D eigenvalue weighted by Crippen LogP contribution is -2.30. The zero-order chi connectivity index (χ0) is 18.7. The molecule has 128 valence electrons. The molecular weight excluding hydrogens is 330 g/mol. The van der Waals surface area contributed by atoms with E-state index in [0.717, 1.165) is 5.56 Å². The second-order valence-electron chi connectivity index (χ2n) is 5.74. The summed E-state index contributed by atoms with van der Waals surface area (Å²) in [6.45, 7) is 1.44. The molecule has 3 rings (SSSR count). The van der Waals surface area contributed by atoms with E-state index in [1.165, 1.54) is 11.5 Å². The Kier molecular flexibility index (Phi) is 4.63. The highest BCUT2D eigenvalue weighted by molar-refractivity contribution is 5.80. The zero-order valence-corrected chi connectivity index (χ0v) is 14.0. The molecule has 0 saturated heterocycles. The smallest absolute Gasteiger partial charge is 0.326 e. The van der Waals surface area contributed by atoms with Crippen LogP contribution in [0.5, 0.6) is 0 Å². The molecule has 1 aromatic heterocycles. The number of aliphatic carboxylic acids is 1. The number of aromatic nitrogens is 2. The monoisotopic (exact) mass is 345 g/mol. The first-order valence-corrected chi connectivity index (χ1v) is 7.93. The maximum absolute atomic E-state index is 12.8. The van der Waals surface area contributed by atoms with Crippen LogP contribution >= 0.6 is 0 Å². The predicted molar refractivity (Wildman–Crippen MR) is 98.4 cm³/mol. The van der Waals surface area contributed by atoms with Crippen LogP contribution in [0.2, 0.25) is 0 Å². The van der Waals surface area contributed by atoms with E-state index in [0.29, 0.717) is 16.5 Å². The minimum Gasteiger partial charge on any atom is -0.480 e. The van der Waals surface area contributed by atoms with E-state index in [9.17, 15) is 14.7 Å². The van der Waals surface area contributed by atoms with Crippen molar-refractivity contribution in [3.05, 3.63) is 75.8 Å². The molecular formula is C20H15N3O3. The van der Waals surface area contributed by atoms with E-state index in [1.807, 2.05) is 6.07 Å². The van der Waals surface area contributed by atoms with E-state index in [2.05, 4.69) is 4.98 Å². The molecule has 0 bridgehead atoms. The lowest BCUT2D eigenvalue weighted by atomic mass is 10.1. The summed E-state index contributed by atoms with van der Waals surface area (Å²) in [5, 5.41) is 18.6. The first-order chi connectivity index (χ1) is 12.5. The molecule has 1 heterocycles. The van der Waals surface area contributed by atoms with E-state index < -0.39 is 17.6 Å². The summed E-state index contributed by atoms with van der Waals surface area (Å²) in [6, 6.07) is 14.7. The number of nitriles is 1. The fourth-order valence-electron chi connectivity index (χ4n) is 2.60. The Balaban J connectivity index is 2.15. The molecule has 0 spiro atoms. The van der Waals surface area contributed by atoms with E-state index in [4.69, 9.17) is 5.26 Å². The Morgan fingerprint density at radius 2 is 1.88 bits per heavy atom. The number of hydrogen-bond donors (Lipinski definition) is 1. The van der Waals surface area contributed by atoms with Crippen molar-refractivity contribution in [1.29, 1.82) is 5.26 Å². The van der Waals surface area contributed by atoms with Crippen molar-refractivity contribution in [1.82, 2.24) is 9.55 Å². The average Bonchev–Trinajstić information content (AvgIpc) is 2.66. The third kappa shape index (κ3) is 3.23. The SMILES string of the molecule is CC(C(=O)O)n1c(/C=C/c2ccc(C#N)cc2)nc2ccccc2c1=O. The van der Waals surface area contributed by atoms with Crippen LogP contribution in [0.4, 0.5) is 0 Å². The molecule has 0 saturated carbocycles. The second-order valence-corrected chi connectivity index (χ2v) is 5.74. The highest BCUT2D eigenvalue weighted by Crippen LogP contribution is 2.15. The molecule has 26 heavy (non-hydrogen) atoms. The number of para-hydroxylation sites is 1. The standard InChI is InChI=1S/C20H15N3O3/c1-13(20(25)26)23-18(11-10-14-6-8-15(12-21)9-7-14)22-17-5-3-2-4-16(17)19(23)24/h2-11,13H,1H3,(H,25,26)/b11-10+. The molecule has 0 fully saturated rings. The number of hydrogen-bond acceptors (Lipinski definition) is 4. The first-order valence-electron chi connectivity index (χ1n) is 7.93. The van der Waals surface area contributed by atoms with Crippen LogP contribution < -0.4 is 5.56 Å². The van der Waals surface area contributed by atoms with Gasteiger partial charge in [0.2, 0.25) is 0 Å². The van der Waals surface area contributed by atoms with Crippen LogP contribution in [-0.4, -0.2) is 20.6 Å². The molecule has 0 amide bonds. The Morgan fingerprint density at radius 3 is 2.54 bits per heavy atom. The minimum absolute atomic E-state index is 0.257. The van der Waals surface area contributed by atoms with Gasteiger partial charge in [0.25, 0.3) is 5.56 Å². The fourth-order valence-corrected chi connectivity index (χ4v) is 2.60. The number of carboxylic acid groups (broad SMARTS) is 1. The number of carbonyl (C=O) groups is 1. The van der Waals surface area contributed by atoms with Crippen LogP contribution in [0, 0.1) is 11.3 Å². The Morgan fingerprint density at radius 1 is 1.19 bits per heavy atom. The normalized spacial score (nSPS) is 12.2. The van der Waals surface area contributed by atoms with Gasteiger partial charge < -0.3 is 5.11 Å². The van der Waals surface area contributed by atoms with Crippen LogP contribution in [0.15, 0.2) is 53.3 Å². The van der Waals surface area contributed by atoms with Crippen molar-refractivity contribution in [3.63, 3.8) is 0 Å². The summed E-state index contributed by atoms with van der Waals surface area (Å²) in [6.07, 6.45) is 3.33. The van der Waals surface area contributed by atoms with Crippen LogP contribution in [0.1, 0.15) is 29.9 Å². The molecule has 1 N–H and O–H groups in total. The largest absolute Gasteiger partial charge is 0.480 e. The van der Waals surface area contributed by atoms with Gasteiger partial charge in [-0.15, -0.1) is 0 Å². The van der Waals surface area contributed by atoms with Crippen LogP contribution in [-0.2, 0) is 4.79 Å². The molecule has 3 aromatic rings. The van der Waals surface area contributed by atoms with Gasteiger partial charge in [-0.1, -0.05) is 30.3 Å². The number of carboxylic acids is 1. The Hall–Kier alpha value is -3.72. The summed E-state index contributed by atoms with van der Waals surface area (Å²) < 4.78 is 1.17. The van der Waals surface area contributed by atoms with E-state index >= 15 is 0 Å². The van der Waals surface area contributed by atoms with Crippen molar-refractivity contribution in [2.75, 3.05) is 0 Å². The lowest BCUT2D eigenvalue weighted by Gasteiger charge is -2.14. The van der Waals surface area contributed by atoms with Gasteiger partial charge in [0.1, 0.15) is 11.9 Å². The first kappa shape index (κ1) is 17.1. The molecule has 1 atom stereocenters. The highest BCUT2D eigenvalue weighted by atomic mass is 16.4. The molecule has 2 aromatic carbocycles. The average molecular weight is 345 g/mol. The number of rotatable bonds is 4. The molecule has 0 aliphatic carbocycles. The predicted octanol–water partition coefficient (Wildman–Crippen LogP) is 3.08. The number of benzene rings is 2. The van der Waals surface area contributed by atoms with E-state index in [1.54, 1.807) is 60.7 Å². The summed E-state index contributed by atoms with van der Waals surface area (Å²) in [4.78, 5) is 28.7. The van der Waals surface area contributed by atoms with Crippen LogP contribution in [0.25, 0.3) is 23.1 Å². The third-order valence-electron chi connectivity index (χ3n) is 4.04. The summed E-state index contributed by atoms with van der Waals surface area (Å²) in [7, 11) is 0. The van der Waals surface area contributed by atoms with Crippen LogP contribution in [0.3, 0.4) is 0 Å². The van der Waals surface area contributed by atoms with Gasteiger partial charge in [-0.25, -0.2) is 9.78 Å². The van der Waals surface area contributed by atoms with Crippen molar-refractivity contribution >= 4 is 29.0 Å². The Bertz CT molecular complexity index is 1110. The highest BCUT2D eigenvalue weighted by Gasteiger charge is 2.19. The minimum atomic E-state index is -1.11. The zero-order valence-electron chi connectivity index (χ0n) is 14.0. The summed E-state index contributed by atoms with van der Waals surface area (Å²) in [5.41, 5.74) is 1.46. The maximum atomic E-state index is 12.8. The van der Waals surface area contributed by atoms with Gasteiger partial charge in [-0.05, 0) is 42.8 Å². The molecule has 6 nitrogen and oxygen atoms in total. The molecule has 0 radical (unpaired) electrons. The van der Waals surface area contributed by atoms with E-state index in [-0.39, 0.29) is 5.82 Å². The van der Waals surface area contributed by atoms with Crippen molar-refractivity contribution in [2.24, 2.45) is 0 Å². The molecule has 0 aliphatic heterocycles. The lowest BCUT2D eigenvalue weighted by molar-refractivity contribution is -0.140. The maximum Gasteiger partial charge on any atom is 0.326 e. The van der Waals surface area contributed by atoms with Gasteiger partial charge in [0, 0.05) is 0 Å². The third-order valence-corrected chi connectivity index (χ3v) is 4.04. The molecule has 1 unspecified atom stereocenters. The number of nitrogens with zero attached hydrogens (tertiary/aromatic N) is 3. The van der Waals surface area contributed by atoms with Crippen molar-refractivity contribution < 1.29 is 9.90 Å². The van der Waals surface area contributed by atoms with Gasteiger partial charge in [0.05, 0.1) is 22.5 Å². The van der Waals surface area contributed by atoms with Gasteiger partial charge >= 0.3 is 5.97 Å². The summed E-state index contributed by atoms with van der Waals surface area (Å²) >= 11 is 0. The van der Waals surface area contributed by atoms with Gasteiger partial charge in [0.15, 0.2) is 0 Å². The van der Waals surface area contributed by atoms with Crippen molar-refractivity contribution in [3.8, 4) is 6.07 Å². The fraction of sp³-hybridized carbons (Fsp3) is 0.100. The topological polar surface area (TPSA) is 96.0 Å². The summed E-state index contributed by atoms with van der Waals surface area (Å²) in [5.74, 6) is -0.856. The molecule has 6 heteroatoms. The second kappa shape index (κ2) is 7.03. The molecule has 0 aliphatic rings. The quantitative estimate of drug-likeness (QED) is 0.784. The number of fused-ring (bicyclic) bond motifs is 1. The van der Waals surface area contributed by atoms with Gasteiger partial charge in [-0.2, -0.15) is 5.26 Å².